The smallest absolute Gasteiger partial charge is 0.161 e. The molecule has 2 rings (SSSR count). The lowest BCUT2D eigenvalue weighted by atomic mass is 10.1. The second kappa shape index (κ2) is 6.75. The Hall–Kier alpha value is -1.83. The van der Waals surface area contributed by atoms with Crippen molar-refractivity contribution in [2.75, 3.05) is 10.0 Å². The number of halogens is 1. The van der Waals surface area contributed by atoms with Crippen molar-refractivity contribution in [3.8, 4) is 0 Å². The Morgan fingerprint density at radius 1 is 1.43 bits per heavy atom. The van der Waals surface area contributed by atoms with E-state index in [-0.39, 0.29) is 16.5 Å². The average Bonchev–Trinajstić information content (AvgIpc) is 2.91. The lowest BCUT2D eigenvalue weighted by molar-refractivity contribution is 0.101. The SMILES string of the molecule is CC(=O)c1cc(NS(=O)[O-])c(Cl)cc1NCc1ccco1. The summed E-state index contributed by atoms with van der Waals surface area (Å²) in [6.07, 6.45) is 1.55. The molecular formula is C13H12ClN2O4S-. The minimum Gasteiger partial charge on any atom is -0.755 e. The zero-order valence-corrected chi connectivity index (χ0v) is 12.6. The standard InChI is InChI=1S/C13H13ClN2O4S/c1-8(17)10-5-13(16-21(18)19)11(14)6-12(10)15-7-9-3-2-4-20-9/h2-6,15-16H,7H2,1H3,(H,18,19)/p-1. The van der Waals surface area contributed by atoms with Gasteiger partial charge in [0, 0.05) is 22.5 Å². The second-order valence-corrected chi connectivity index (χ2v) is 5.28. The molecule has 1 aromatic heterocycles. The van der Waals surface area contributed by atoms with E-state index in [2.05, 4.69) is 10.0 Å². The molecule has 0 amide bonds. The highest BCUT2D eigenvalue weighted by Gasteiger charge is 2.12. The average molecular weight is 328 g/mol. The molecule has 0 saturated heterocycles. The first-order chi connectivity index (χ1) is 9.97. The van der Waals surface area contributed by atoms with Crippen molar-refractivity contribution in [2.24, 2.45) is 0 Å². The van der Waals surface area contributed by atoms with Gasteiger partial charge in [-0.1, -0.05) is 11.6 Å². The number of anilines is 2. The summed E-state index contributed by atoms with van der Waals surface area (Å²) in [5, 5.41) is 3.22. The van der Waals surface area contributed by atoms with Crippen LogP contribution in [0.1, 0.15) is 23.0 Å². The molecule has 0 radical (unpaired) electrons. The fourth-order valence-electron chi connectivity index (χ4n) is 1.77. The number of benzene rings is 1. The molecule has 0 aliphatic heterocycles. The number of carbonyl (C=O) groups excluding carboxylic acids is 1. The van der Waals surface area contributed by atoms with Crippen LogP contribution in [-0.2, 0) is 17.8 Å². The van der Waals surface area contributed by atoms with E-state index in [4.69, 9.17) is 16.0 Å². The Morgan fingerprint density at radius 3 is 2.76 bits per heavy atom. The minimum atomic E-state index is -2.51. The van der Waals surface area contributed by atoms with Crippen LogP contribution in [0.25, 0.3) is 0 Å². The molecule has 2 aromatic rings. The summed E-state index contributed by atoms with van der Waals surface area (Å²) in [5.41, 5.74) is 0.990. The zero-order valence-electron chi connectivity index (χ0n) is 11.0. The maximum Gasteiger partial charge on any atom is 0.161 e. The number of carbonyl (C=O) groups is 1. The number of nitrogens with one attached hydrogen (secondary N) is 2. The van der Waals surface area contributed by atoms with Crippen LogP contribution in [0.2, 0.25) is 5.02 Å². The molecule has 2 N–H and O–H groups in total. The van der Waals surface area contributed by atoms with Gasteiger partial charge in [-0.15, -0.1) is 0 Å². The molecule has 1 aromatic carbocycles. The second-order valence-electron chi connectivity index (χ2n) is 4.20. The summed E-state index contributed by atoms with van der Waals surface area (Å²) in [5.74, 6) is 0.483. The van der Waals surface area contributed by atoms with Crippen LogP contribution < -0.4 is 10.0 Å². The molecule has 6 nitrogen and oxygen atoms in total. The topological polar surface area (TPSA) is 94.4 Å². The van der Waals surface area contributed by atoms with Crippen LogP contribution in [0.5, 0.6) is 0 Å². The van der Waals surface area contributed by atoms with Gasteiger partial charge in [0.15, 0.2) is 5.78 Å². The number of hydrogen-bond donors (Lipinski definition) is 2. The van der Waals surface area contributed by atoms with Gasteiger partial charge in [-0.2, -0.15) is 0 Å². The van der Waals surface area contributed by atoms with Crippen LogP contribution in [0.3, 0.4) is 0 Å². The molecule has 8 heteroatoms. The van der Waals surface area contributed by atoms with E-state index < -0.39 is 11.3 Å². The largest absolute Gasteiger partial charge is 0.755 e. The van der Waals surface area contributed by atoms with Crippen LogP contribution in [0, 0.1) is 0 Å². The summed E-state index contributed by atoms with van der Waals surface area (Å²) in [7, 11) is 0. The van der Waals surface area contributed by atoms with Crippen LogP contribution in [0.4, 0.5) is 11.4 Å². The lowest BCUT2D eigenvalue weighted by Gasteiger charge is -2.15. The van der Waals surface area contributed by atoms with Gasteiger partial charge >= 0.3 is 0 Å². The first-order valence-electron chi connectivity index (χ1n) is 5.94. The summed E-state index contributed by atoms with van der Waals surface area (Å²) < 4.78 is 28.7. The van der Waals surface area contributed by atoms with Gasteiger partial charge in [0.2, 0.25) is 0 Å². The molecule has 21 heavy (non-hydrogen) atoms. The molecule has 1 atom stereocenters. The molecule has 0 saturated carbocycles. The Labute approximate surface area is 128 Å². The predicted octanol–water partition coefficient (Wildman–Crippen LogP) is 2.95. The molecule has 1 heterocycles. The van der Waals surface area contributed by atoms with E-state index in [9.17, 15) is 13.6 Å². The summed E-state index contributed by atoms with van der Waals surface area (Å²) in [4.78, 5) is 11.7. The first kappa shape index (κ1) is 15.6. The van der Waals surface area contributed by atoms with Crippen molar-refractivity contribution in [1.29, 1.82) is 0 Å². The monoisotopic (exact) mass is 327 g/mol. The Balaban J connectivity index is 2.29. The summed E-state index contributed by atoms with van der Waals surface area (Å²) >= 11 is 3.49. The van der Waals surface area contributed by atoms with Gasteiger partial charge in [-0.25, -0.2) is 0 Å². The van der Waals surface area contributed by atoms with E-state index in [0.29, 0.717) is 23.6 Å². The van der Waals surface area contributed by atoms with E-state index in [0.717, 1.165) is 0 Å². The molecule has 1 unspecified atom stereocenters. The fraction of sp³-hybridized carbons (Fsp3) is 0.154. The highest BCUT2D eigenvalue weighted by atomic mass is 35.5. The van der Waals surface area contributed by atoms with E-state index >= 15 is 0 Å². The van der Waals surface area contributed by atoms with E-state index in [1.165, 1.54) is 19.1 Å². The van der Waals surface area contributed by atoms with Crippen molar-refractivity contribution < 1.29 is 18.0 Å². The Kier molecular flexibility index (Phi) is 5.00. The molecule has 0 aliphatic rings. The predicted molar refractivity (Wildman–Crippen MR) is 80.0 cm³/mol. The van der Waals surface area contributed by atoms with Gasteiger partial charge in [0.1, 0.15) is 5.76 Å². The normalized spacial score (nSPS) is 12.0. The van der Waals surface area contributed by atoms with Crippen molar-refractivity contribution in [1.82, 2.24) is 0 Å². The highest BCUT2D eigenvalue weighted by molar-refractivity contribution is 7.80. The maximum absolute atomic E-state index is 11.7. The number of hydrogen-bond acceptors (Lipinski definition) is 5. The minimum absolute atomic E-state index is 0.152. The van der Waals surface area contributed by atoms with Crippen molar-refractivity contribution in [2.45, 2.75) is 13.5 Å². The molecule has 0 bridgehead atoms. The van der Waals surface area contributed by atoms with Gasteiger partial charge in [-0.3, -0.25) is 9.00 Å². The quantitative estimate of drug-likeness (QED) is 0.628. The van der Waals surface area contributed by atoms with Crippen LogP contribution >= 0.6 is 11.6 Å². The Morgan fingerprint density at radius 2 is 2.19 bits per heavy atom. The summed E-state index contributed by atoms with van der Waals surface area (Å²) in [6.45, 7) is 1.77. The Bertz CT molecular complexity index is 673. The maximum atomic E-state index is 11.7. The van der Waals surface area contributed by atoms with E-state index in [1.807, 2.05) is 0 Å². The van der Waals surface area contributed by atoms with Crippen molar-refractivity contribution >= 4 is 40.0 Å². The third-order valence-electron chi connectivity index (χ3n) is 2.71. The third kappa shape index (κ3) is 4.07. The van der Waals surface area contributed by atoms with Gasteiger partial charge in [-0.05, 0) is 31.2 Å². The van der Waals surface area contributed by atoms with Crippen LogP contribution in [0.15, 0.2) is 34.9 Å². The van der Waals surface area contributed by atoms with Crippen LogP contribution in [-0.4, -0.2) is 14.5 Å². The zero-order chi connectivity index (χ0) is 15.4. The first-order valence-corrected chi connectivity index (χ1v) is 7.39. The van der Waals surface area contributed by atoms with Crippen molar-refractivity contribution in [3.63, 3.8) is 0 Å². The molecular weight excluding hydrogens is 316 g/mol. The number of Topliss-reactive ketones (excluding diaryl/α,β-unsaturated/α-hetero) is 1. The lowest BCUT2D eigenvalue weighted by Crippen LogP contribution is -2.08. The summed E-state index contributed by atoms with van der Waals surface area (Å²) in [6, 6.07) is 6.44. The number of furan rings is 1. The molecule has 0 aliphatic carbocycles. The van der Waals surface area contributed by atoms with Gasteiger partial charge < -0.3 is 19.0 Å². The third-order valence-corrected chi connectivity index (χ3v) is 3.41. The van der Waals surface area contributed by atoms with Gasteiger partial charge in [0.25, 0.3) is 0 Å². The molecule has 0 spiro atoms. The molecule has 112 valence electrons. The van der Waals surface area contributed by atoms with Gasteiger partial charge in [0.05, 0.1) is 23.5 Å². The molecule has 0 fully saturated rings. The number of rotatable bonds is 6. The van der Waals surface area contributed by atoms with E-state index in [1.54, 1.807) is 18.4 Å². The highest BCUT2D eigenvalue weighted by Crippen LogP contribution is 2.30. The fourth-order valence-corrected chi connectivity index (χ4v) is 2.39. The number of ketones is 1. The van der Waals surface area contributed by atoms with Crippen molar-refractivity contribution in [3.05, 3.63) is 46.9 Å².